The molecule has 3 N–H and O–H groups in total. The topological polar surface area (TPSA) is 155 Å². The second-order valence-corrected chi connectivity index (χ2v) is 13.4. The number of nitrogens with one attached hydrogen (secondary N) is 1. The number of primary amides is 1. The highest BCUT2D eigenvalue weighted by Gasteiger charge is 2.41. The Bertz CT molecular complexity index is 1160. The fourth-order valence-corrected chi connectivity index (χ4v) is 6.24. The van der Waals surface area contributed by atoms with E-state index in [9.17, 15) is 22.8 Å². The van der Waals surface area contributed by atoms with Crippen LogP contribution < -0.4 is 11.2 Å². The number of carbonyl (C=O) groups excluding carboxylic acids is 3. The fourth-order valence-electron chi connectivity index (χ4n) is 5.13. The van der Waals surface area contributed by atoms with Crippen molar-refractivity contribution in [2.24, 2.45) is 16.8 Å². The normalized spacial score (nSPS) is 19.7. The van der Waals surface area contributed by atoms with Crippen molar-refractivity contribution in [1.82, 2.24) is 19.5 Å². The van der Waals surface area contributed by atoms with Crippen molar-refractivity contribution in [3.05, 3.63) is 35.9 Å². The summed E-state index contributed by atoms with van der Waals surface area (Å²) in [6.45, 7) is 7.05. The van der Waals surface area contributed by atoms with Gasteiger partial charge >= 0.3 is 6.09 Å². The predicted octanol–water partition coefficient (Wildman–Crippen LogP) is 1.52. The number of sulfonamides is 1. The van der Waals surface area contributed by atoms with E-state index in [2.05, 4.69) is 10.5 Å². The highest BCUT2D eigenvalue weighted by Crippen LogP contribution is 2.26. The van der Waals surface area contributed by atoms with Gasteiger partial charge in [-0.1, -0.05) is 30.3 Å². The molecule has 0 spiro atoms. The number of hydrazone groups is 1. The number of hydrogen-bond donors (Lipinski definition) is 2. The summed E-state index contributed by atoms with van der Waals surface area (Å²) in [7, 11) is -3.78. The van der Waals surface area contributed by atoms with Gasteiger partial charge in [0, 0.05) is 26.2 Å². The van der Waals surface area contributed by atoms with Gasteiger partial charge in [-0.3, -0.25) is 9.59 Å². The minimum absolute atomic E-state index is 0.00905. The zero-order valence-electron chi connectivity index (χ0n) is 23.8. The Kier molecular flexibility index (Phi) is 10.5. The molecule has 2 aliphatic heterocycles. The van der Waals surface area contributed by atoms with Crippen LogP contribution in [-0.4, -0.2) is 96.9 Å². The van der Waals surface area contributed by atoms with E-state index in [0.29, 0.717) is 45.3 Å². The molecule has 40 heavy (non-hydrogen) atoms. The second kappa shape index (κ2) is 13.4. The average molecular weight is 579 g/mol. The quantitative estimate of drug-likeness (QED) is 0.242. The maximum absolute atomic E-state index is 13.8. The summed E-state index contributed by atoms with van der Waals surface area (Å²) in [5, 5.41) is 3.95. The molecule has 0 unspecified atom stereocenters. The second-order valence-electron chi connectivity index (χ2n) is 11.5. The van der Waals surface area contributed by atoms with Gasteiger partial charge in [-0.05, 0) is 64.4 Å². The first kappa shape index (κ1) is 31.3. The van der Waals surface area contributed by atoms with E-state index in [1.54, 1.807) is 20.8 Å². The zero-order chi connectivity index (χ0) is 29.5. The number of hydrogen-bond acceptors (Lipinski definition) is 7. The van der Waals surface area contributed by atoms with Gasteiger partial charge in [0.05, 0.1) is 6.26 Å². The third-order valence-electron chi connectivity index (χ3n) is 7.06. The summed E-state index contributed by atoms with van der Waals surface area (Å²) in [4.78, 5) is 41.1. The molecule has 3 amide bonds. The monoisotopic (exact) mass is 578 g/mol. The Labute approximate surface area is 236 Å². The number of piperidine rings is 1. The Morgan fingerprint density at radius 3 is 2.38 bits per heavy atom. The summed E-state index contributed by atoms with van der Waals surface area (Å²) >= 11 is 0. The number of amides is 3. The van der Waals surface area contributed by atoms with Crippen LogP contribution in [0.5, 0.6) is 0 Å². The molecule has 1 aromatic carbocycles. The van der Waals surface area contributed by atoms with Crippen LogP contribution >= 0.6 is 0 Å². The molecular weight excluding hydrogens is 536 g/mol. The molecule has 0 aliphatic carbocycles. The highest BCUT2D eigenvalue weighted by molar-refractivity contribution is 7.88. The van der Waals surface area contributed by atoms with Gasteiger partial charge < -0.3 is 20.3 Å². The molecule has 0 saturated carbocycles. The van der Waals surface area contributed by atoms with E-state index >= 15 is 0 Å². The number of carbonyl (C=O) groups is 3. The first-order valence-corrected chi connectivity index (χ1v) is 15.5. The fraction of sp³-hybridized carbons (Fsp3) is 0.630. The average Bonchev–Trinajstić information content (AvgIpc) is 3.36. The molecule has 2 atom stereocenters. The number of rotatable bonds is 10. The maximum Gasteiger partial charge on any atom is 0.428 e. The summed E-state index contributed by atoms with van der Waals surface area (Å²) < 4.78 is 32.7. The van der Waals surface area contributed by atoms with Gasteiger partial charge in [-0.2, -0.15) is 9.41 Å². The van der Waals surface area contributed by atoms with Crippen LogP contribution in [0.4, 0.5) is 4.79 Å². The van der Waals surface area contributed by atoms with Crippen LogP contribution in [0.3, 0.4) is 0 Å². The van der Waals surface area contributed by atoms with Crippen LogP contribution in [0, 0.1) is 5.92 Å². The molecule has 2 saturated heterocycles. The molecule has 0 aromatic heterocycles. The van der Waals surface area contributed by atoms with Crippen molar-refractivity contribution >= 4 is 34.3 Å². The highest BCUT2D eigenvalue weighted by atomic mass is 32.2. The maximum atomic E-state index is 13.8. The first-order valence-electron chi connectivity index (χ1n) is 13.6. The summed E-state index contributed by atoms with van der Waals surface area (Å²) in [6.07, 6.45) is 4.66. The summed E-state index contributed by atoms with van der Waals surface area (Å²) in [5.41, 5.74) is 8.11. The van der Waals surface area contributed by atoms with E-state index < -0.39 is 45.6 Å². The van der Waals surface area contributed by atoms with E-state index in [4.69, 9.17) is 10.5 Å². The third-order valence-corrected chi connectivity index (χ3v) is 8.31. The largest absolute Gasteiger partial charge is 0.443 e. The number of nitrogens with two attached hydrogens (primary N) is 1. The van der Waals surface area contributed by atoms with E-state index in [0.717, 1.165) is 11.8 Å². The van der Waals surface area contributed by atoms with Gasteiger partial charge in [0.1, 0.15) is 24.0 Å². The molecule has 2 heterocycles. The molecule has 1 aromatic rings. The molecule has 0 radical (unpaired) electrons. The van der Waals surface area contributed by atoms with Crippen molar-refractivity contribution in [2.75, 3.05) is 32.4 Å². The van der Waals surface area contributed by atoms with Crippen molar-refractivity contribution in [2.45, 2.75) is 70.6 Å². The number of nitrogens with zero attached hydrogens (tertiary/aromatic N) is 4. The Morgan fingerprint density at radius 1 is 1.15 bits per heavy atom. The lowest BCUT2D eigenvalue weighted by Crippen LogP contribution is -2.56. The van der Waals surface area contributed by atoms with Crippen LogP contribution in [-0.2, 0) is 30.8 Å². The first-order chi connectivity index (χ1) is 18.7. The van der Waals surface area contributed by atoms with Gasteiger partial charge in [-0.15, -0.1) is 0 Å². The van der Waals surface area contributed by atoms with E-state index in [-0.39, 0.29) is 18.9 Å². The van der Waals surface area contributed by atoms with Crippen LogP contribution in [0.25, 0.3) is 0 Å². The third kappa shape index (κ3) is 9.19. The SMILES string of the molecule is CC(C)(C)OC(=O)NN=CN1CCC(CN([C@H](Cc2ccccc2)C(=O)N2CCC[C@H]2C(N)=O)S(C)(=O)=O)CC1. The molecule has 13 heteroatoms. The molecule has 0 bridgehead atoms. The van der Waals surface area contributed by atoms with Gasteiger partial charge in [0.2, 0.25) is 21.8 Å². The Hall–Kier alpha value is -3.19. The summed E-state index contributed by atoms with van der Waals surface area (Å²) in [6, 6.07) is 7.55. The van der Waals surface area contributed by atoms with Gasteiger partial charge in [0.25, 0.3) is 0 Å². The number of ether oxygens (including phenoxy) is 1. The van der Waals surface area contributed by atoms with Gasteiger partial charge in [-0.25, -0.2) is 18.6 Å². The zero-order valence-corrected chi connectivity index (χ0v) is 24.6. The summed E-state index contributed by atoms with van der Waals surface area (Å²) in [5.74, 6) is -0.964. The standard InChI is InChI=1S/C27H42N6O6S/c1-27(2,3)39-26(36)30-29-19-31-15-12-21(13-16-31)18-33(40(4,37)38)23(17-20-9-6-5-7-10-20)25(35)32-14-8-11-22(32)24(28)34/h5-7,9-10,19,21-23H,8,11-18H2,1-4H3,(H2,28,34)(H,30,36)/t22-,23+/m0/s1. The molecule has 2 aliphatic rings. The van der Waals surface area contributed by atoms with E-state index in [1.165, 1.54) is 15.5 Å². The van der Waals surface area contributed by atoms with Crippen molar-refractivity contribution < 1.29 is 27.5 Å². The van der Waals surface area contributed by atoms with Crippen LogP contribution in [0.2, 0.25) is 0 Å². The lowest BCUT2D eigenvalue weighted by atomic mass is 9.96. The molecule has 222 valence electrons. The van der Waals surface area contributed by atoms with Crippen LogP contribution in [0.15, 0.2) is 35.4 Å². The Morgan fingerprint density at radius 2 is 1.80 bits per heavy atom. The van der Waals surface area contributed by atoms with Crippen molar-refractivity contribution in [3.8, 4) is 0 Å². The minimum Gasteiger partial charge on any atom is -0.443 e. The van der Waals surface area contributed by atoms with Crippen molar-refractivity contribution in [1.29, 1.82) is 0 Å². The predicted molar refractivity (Wildman–Crippen MR) is 152 cm³/mol. The lowest BCUT2D eigenvalue weighted by molar-refractivity contribution is -0.140. The lowest BCUT2D eigenvalue weighted by Gasteiger charge is -2.37. The van der Waals surface area contributed by atoms with Crippen LogP contribution in [0.1, 0.15) is 52.0 Å². The van der Waals surface area contributed by atoms with Gasteiger partial charge in [0.15, 0.2) is 0 Å². The molecule has 12 nitrogen and oxygen atoms in total. The molecule has 2 fully saturated rings. The number of likely N-dealkylation sites (tertiary alicyclic amines) is 2. The molecule has 3 rings (SSSR count). The Balaban J connectivity index is 1.71. The molecular formula is C27H42N6O6S. The smallest absolute Gasteiger partial charge is 0.428 e. The minimum atomic E-state index is -3.78. The van der Waals surface area contributed by atoms with E-state index in [1.807, 2.05) is 35.2 Å². The number of benzene rings is 1. The van der Waals surface area contributed by atoms with Crippen molar-refractivity contribution in [3.63, 3.8) is 0 Å².